The fourth-order valence-electron chi connectivity index (χ4n) is 2.82. The highest BCUT2D eigenvalue weighted by Gasteiger charge is 2.25. The molecule has 1 aromatic carbocycles. The molecule has 2 heterocycles. The van der Waals surface area contributed by atoms with Gasteiger partial charge in [-0.05, 0) is 18.9 Å². The third kappa shape index (κ3) is 2.91. The molecule has 0 amide bonds. The van der Waals surface area contributed by atoms with Crippen molar-refractivity contribution in [2.75, 3.05) is 6.61 Å². The summed E-state index contributed by atoms with van der Waals surface area (Å²) in [6, 6.07) is 1.29. The van der Waals surface area contributed by atoms with Gasteiger partial charge in [-0.2, -0.15) is 0 Å². The van der Waals surface area contributed by atoms with E-state index >= 15 is 0 Å². The summed E-state index contributed by atoms with van der Waals surface area (Å²) >= 11 is 0. The maximum absolute atomic E-state index is 14.2. The van der Waals surface area contributed by atoms with Crippen LogP contribution in [-0.4, -0.2) is 26.9 Å². The average molecular weight is 363 g/mol. The van der Waals surface area contributed by atoms with Crippen LogP contribution < -0.4 is 0 Å². The van der Waals surface area contributed by atoms with E-state index in [-0.39, 0.29) is 35.1 Å². The van der Waals surface area contributed by atoms with Crippen LogP contribution in [0.2, 0.25) is 0 Å². The molecule has 2 aromatic heterocycles. The molecule has 3 rings (SSSR count). The van der Waals surface area contributed by atoms with Gasteiger partial charge in [0.2, 0.25) is 0 Å². The topological polar surface area (TPSA) is 56.5 Å². The number of imidazole rings is 1. The van der Waals surface area contributed by atoms with Gasteiger partial charge in [0, 0.05) is 24.0 Å². The van der Waals surface area contributed by atoms with Crippen LogP contribution in [0.25, 0.3) is 16.9 Å². The van der Waals surface area contributed by atoms with E-state index in [0.29, 0.717) is 11.8 Å². The Bertz CT molecular complexity index is 999. The molecule has 0 bridgehead atoms. The van der Waals surface area contributed by atoms with Crippen molar-refractivity contribution in [3.8, 4) is 11.3 Å². The van der Waals surface area contributed by atoms with Gasteiger partial charge in [-0.3, -0.25) is 9.38 Å². The normalized spacial score (nSPS) is 11.3. The molecule has 5 nitrogen and oxygen atoms in total. The van der Waals surface area contributed by atoms with E-state index in [4.69, 9.17) is 4.74 Å². The molecule has 136 valence electrons. The predicted octanol–water partition coefficient (Wildman–Crippen LogP) is 4.11. The molecule has 0 saturated carbocycles. The van der Waals surface area contributed by atoms with Crippen molar-refractivity contribution >= 4 is 11.6 Å². The number of rotatable bonds is 4. The third-order valence-corrected chi connectivity index (χ3v) is 3.84. The molecule has 0 N–H and O–H groups in total. The number of ether oxygens (including phenoxy) is 1. The number of fused-ring (bicyclic) bond motifs is 1. The van der Waals surface area contributed by atoms with Gasteiger partial charge in [-0.15, -0.1) is 0 Å². The van der Waals surface area contributed by atoms with Crippen molar-refractivity contribution in [1.82, 2.24) is 14.4 Å². The minimum atomic E-state index is -1.33. The molecule has 0 fully saturated rings. The summed E-state index contributed by atoms with van der Waals surface area (Å²) in [5, 5.41) is 0. The first-order chi connectivity index (χ1) is 12.3. The SMILES string of the molecule is CCOC(=O)c1nc2c(-c3cc(F)cc(F)c3F)nccn2c1C(C)C. The lowest BCUT2D eigenvalue weighted by atomic mass is 10.1. The summed E-state index contributed by atoms with van der Waals surface area (Å²) in [5.74, 6) is -4.25. The van der Waals surface area contributed by atoms with E-state index in [1.54, 1.807) is 17.5 Å². The Morgan fingerprint density at radius 3 is 2.65 bits per heavy atom. The molecule has 0 aliphatic carbocycles. The molecule has 0 atom stereocenters. The highest BCUT2D eigenvalue weighted by molar-refractivity contribution is 5.91. The Morgan fingerprint density at radius 2 is 2.00 bits per heavy atom. The second kappa shape index (κ2) is 6.78. The predicted molar refractivity (Wildman–Crippen MR) is 88.3 cm³/mol. The van der Waals surface area contributed by atoms with Crippen molar-refractivity contribution in [2.24, 2.45) is 0 Å². The highest BCUT2D eigenvalue weighted by Crippen LogP contribution is 2.30. The maximum Gasteiger partial charge on any atom is 0.358 e. The van der Waals surface area contributed by atoms with E-state index in [9.17, 15) is 18.0 Å². The number of carbonyl (C=O) groups is 1. The highest BCUT2D eigenvalue weighted by atomic mass is 19.2. The standard InChI is InChI=1S/C18H16F3N3O2/c1-4-26-18(25)15-16(9(2)3)24-6-5-22-14(17(24)23-15)11-7-10(19)8-12(20)13(11)21/h5-9H,4H2,1-3H3. The van der Waals surface area contributed by atoms with Gasteiger partial charge in [0.1, 0.15) is 11.5 Å². The van der Waals surface area contributed by atoms with Crippen molar-refractivity contribution in [1.29, 1.82) is 0 Å². The van der Waals surface area contributed by atoms with Gasteiger partial charge >= 0.3 is 5.97 Å². The first kappa shape index (κ1) is 17.9. The number of aromatic nitrogens is 3. The van der Waals surface area contributed by atoms with Gasteiger partial charge in [-0.25, -0.2) is 22.9 Å². The van der Waals surface area contributed by atoms with E-state index < -0.39 is 23.4 Å². The number of carbonyl (C=O) groups excluding carboxylic acids is 1. The second-order valence-corrected chi connectivity index (χ2v) is 5.94. The van der Waals surface area contributed by atoms with Crippen molar-refractivity contribution in [3.05, 3.63) is 53.4 Å². The summed E-state index contributed by atoms with van der Waals surface area (Å²) in [6.45, 7) is 5.54. The Labute approximate surface area is 147 Å². The first-order valence-corrected chi connectivity index (χ1v) is 8.04. The molecule has 3 aromatic rings. The first-order valence-electron chi connectivity index (χ1n) is 8.04. The lowest BCUT2D eigenvalue weighted by Gasteiger charge is -2.09. The van der Waals surface area contributed by atoms with E-state index in [1.165, 1.54) is 6.20 Å². The number of halogens is 3. The maximum atomic E-state index is 14.2. The summed E-state index contributed by atoms with van der Waals surface area (Å²) in [7, 11) is 0. The zero-order valence-electron chi connectivity index (χ0n) is 14.4. The molecule has 0 unspecified atom stereocenters. The zero-order valence-corrected chi connectivity index (χ0v) is 14.4. The van der Waals surface area contributed by atoms with E-state index in [2.05, 4.69) is 9.97 Å². The number of benzene rings is 1. The molecular formula is C18H16F3N3O2. The quantitative estimate of drug-likeness (QED) is 0.517. The van der Waals surface area contributed by atoms with Crippen LogP contribution in [0, 0.1) is 17.5 Å². The molecular weight excluding hydrogens is 347 g/mol. The van der Waals surface area contributed by atoms with Crippen molar-refractivity contribution < 1.29 is 22.7 Å². The van der Waals surface area contributed by atoms with Gasteiger partial charge in [0.25, 0.3) is 0 Å². The van der Waals surface area contributed by atoms with Crippen molar-refractivity contribution in [2.45, 2.75) is 26.7 Å². The zero-order chi connectivity index (χ0) is 19.0. The molecule has 0 saturated heterocycles. The van der Waals surface area contributed by atoms with Gasteiger partial charge in [0.15, 0.2) is 23.0 Å². The van der Waals surface area contributed by atoms with Gasteiger partial charge in [-0.1, -0.05) is 13.8 Å². The van der Waals surface area contributed by atoms with Crippen LogP contribution in [0.15, 0.2) is 24.5 Å². The number of hydrogen-bond acceptors (Lipinski definition) is 4. The van der Waals surface area contributed by atoms with Crippen LogP contribution in [0.4, 0.5) is 13.2 Å². The monoisotopic (exact) mass is 363 g/mol. The molecule has 8 heteroatoms. The fraction of sp³-hybridized carbons (Fsp3) is 0.278. The average Bonchev–Trinajstić information content (AvgIpc) is 2.98. The number of hydrogen-bond donors (Lipinski definition) is 0. The smallest absolute Gasteiger partial charge is 0.358 e. The minimum absolute atomic E-state index is 0.0633. The molecule has 0 spiro atoms. The summed E-state index contributed by atoms with van der Waals surface area (Å²) in [4.78, 5) is 20.5. The fourth-order valence-corrected chi connectivity index (χ4v) is 2.82. The molecule has 0 aliphatic rings. The van der Waals surface area contributed by atoms with Crippen LogP contribution in [0.5, 0.6) is 0 Å². The van der Waals surface area contributed by atoms with Crippen LogP contribution in [-0.2, 0) is 4.74 Å². The summed E-state index contributed by atoms with van der Waals surface area (Å²) in [6.07, 6.45) is 2.91. The van der Waals surface area contributed by atoms with E-state index in [0.717, 1.165) is 6.07 Å². The Morgan fingerprint density at radius 1 is 1.27 bits per heavy atom. The lowest BCUT2D eigenvalue weighted by Crippen LogP contribution is -2.09. The summed E-state index contributed by atoms with van der Waals surface area (Å²) < 4.78 is 48.0. The number of nitrogens with zero attached hydrogens (tertiary/aromatic N) is 3. The van der Waals surface area contributed by atoms with Crippen LogP contribution in [0.1, 0.15) is 42.9 Å². The van der Waals surface area contributed by atoms with Crippen LogP contribution >= 0.6 is 0 Å². The number of esters is 1. The molecule has 0 radical (unpaired) electrons. The lowest BCUT2D eigenvalue weighted by molar-refractivity contribution is 0.0518. The largest absolute Gasteiger partial charge is 0.461 e. The van der Waals surface area contributed by atoms with Gasteiger partial charge < -0.3 is 4.74 Å². The molecule has 26 heavy (non-hydrogen) atoms. The minimum Gasteiger partial charge on any atom is -0.461 e. The van der Waals surface area contributed by atoms with Gasteiger partial charge in [0.05, 0.1) is 12.3 Å². The Kier molecular flexibility index (Phi) is 4.67. The Hall–Kier alpha value is -2.90. The summed E-state index contributed by atoms with van der Waals surface area (Å²) in [5.41, 5.74) is 0.278. The van der Waals surface area contributed by atoms with E-state index in [1.807, 2.05) is 13.8 Å². The molecule has 0 aliphatic heterocycles. The Balaban J connectivity index is 2.33. The third-order valence-electron chi connectivity index (χ3n) is 3.84. The van der Waals surface area contributed by atoms with Crippen molar-refractivity contribution in [3.63, 3.8) is 0 Å². The van der Waals surface area contributed by atoms with Crippen LogP contribution in [0.3, 0.4) is 0 Å². The second-order valence-electron chi connectivity index (χ2n) is 5.94.